The van der Waals surface area contributed by atoms with Crippen molar-refractivity contribution in [3.05, 3.63) is 29.8 Å². The molecule has 0 spiro atoms. The number of para-hydroxylation sites is 1. The molecule has 3 heteroatoms. The number of hydrogen-bond donors (Lipinski definition) is 0. The molecular weight excluding hydrogens is 190 g/mol. The molecule has 1 atom stereocenters. The number of benzene rings is 1. The smallest absolute Gasteiger partial charge is 0.140 e. The van der Waals surface area contributed by atoms with Crippen molar-refractivity contribution in [3.63, 3.8) is 0 Å². The molecule has 0 aliphatic carbocycles. The van der Waals surface area contributed by atoms with Crippen LogP contribution in [0.2, 0.25) is 0 Å². The lowest BCUT2D eigenvalue weighted by Gasteiger charge is -2.22. The van der Waals surface area contributed by atoms with E-state index in [9.17, 15) is 0 Å². The van der Waals surface area contributed by atoms with Gasteiger partial charge in [0.2, 0.25) is 0 Å². The molecule has 2 rings (SSSR count). The molecular formula is C12H17NO2. The zero-order chi connectivity index (χ0) is 10.7. The van der Waals surface area contributed by atoms with Crippen LogP contribution in [0.3, 0.4) is 0 Å². The van der Waals surface area contributed by atoms with Crippen LogP contribution in [0.4, 0.5) is 0 Å². The van der Waals surface area contributed by atoms with Gasteiger partial charge in [-0.15, -0.1) is 0 Å². The van der Waals surface area contributed by atoms with E-state index in [0.717, 1.165) is 31.0 Å². The number of likely N-dealkylation sites (N-methyl/N-ethyl adjacent to an activating group) is 1. The summed E-state index contributed by atoms with van der Waals surface area (Å²) in [5, 5.41) is 0. The summed E-state index contributed by atoms with van der Waals surface area (Å²) in [6, 6.07) is 8.04. The fourth-order valence-corrected chi connectivity index (χ4v) is 1.99. The second-order valence-electron chi connectivity index (χ2n) is 3.59. The molecule has 1 aliphatic heterocycles. The van der Waals surface area contributed by atoms with Gasteiger partial charge in [0.25, 0.3) is 0 Å². The normalized spacial score (nSPS) is 21.9. The monoisotopic (exact) mass is 207 g/mol. The van der Waals surface area contributed by atoms with E-state index in [0.29, 0.717) is 0 Å². The zero-order valence-corrected chi connectivity index (χ0v) is 9.27. The van der Waals surface area contributed by atoms with Gasteiger partial charge in [-0.1, -0.05) is 25.1 Å². The SMILES string of the molecule is CCN1CCOC1c1ccccc1OC. The van der Waals surface area contributed by atoms with Gasteiger partial charge in [-0.2, -0.15) is 0 Å². The van der Waals surface area contributed by atoms with Gasteiger partial charge in [-0.05, 0) is 12.6 Å². The maximum Gasteiger partial charge on any atom is 0.140 e. The zero-order valence-electron chi connectivity index (χ0n) is 9.27. The molecule has 1 aromatic rings. The Morgan fingerprint density at radius 3 is 3.00 bits per heavy atom. The molecule has 1 aliphatic rings. The topological polar surface area (TPSA) is 21.7 Å². The molecule has 3 nitrogen and oxygen atoms in total. The van der Waals surface area contributed by atoms with Gasteiger partial charge in [-0.3, -0.25) is 4.90 Å². The van der Waals surface area contributed by atoms with E-state index >= 15 is 0 Å². The predicted molar refractivity (Wildman–Crippen MR) is 58.9 cm³/mol. The molecule has 82 valence electrons. The fourth-order valence-electron chi connectivity index (χ4n) is 1.99. The molecule has 1 fully saturated rings. The summed E-state index contributed by atoms with van der Waals surface area (Å²) in [7, 11) is 1.70. The van der Waals surface area contributed by atoms with Crippen LogP contribution in [0.5, 0.6) is 5.75 Å². The summed E-state index contributed by atoms with van der Waals surface area (Å²) in [6.07, 6.45) is 0.0612. The highest BCUT2D eigenvalue weighted by atomic mass is 16.5. The first-order chi connectivity index (χ1) is 7.36. The Balaban J connectivity index is 2.27. The predicted octanol–water partition coefficient (Wildman–Crippen LogP) is 2.05. The van der Waals surface area contributed by atoms with Crippen molar-refractivity contribution in [2.45, 2.75) is 13.2 Å². The van der Waals surface area contributed by atoms with Gasteiger partial charge in [0.1, 0.15) is 12.0 Å². The van der Waals surface area contributed by atoms with Crippen molar-refractivity contribution >= 4 is 0 Å². The molecule has 15 heavy (non-hydrogen) atoms. The summed E-state index contributed by atoms with van der Waals surface area (Å²) < 4.78 is 11.1. The van der Waals surface area contributed by atoms with Crippen LogP contribution < -0.4 is 4.74 Å². The summed E-state index contributed by atoms with van der Waals surface area (Å²) in [6.45, 7) is 4.95. The summed E-state index contributed by atoms with van der Waals surface area (Å²) >= 11 is 0. The van der Waals surface area contributed by atoms with Gasteiger partial charge >= 0.3 is 0 Å². The van der Waals surface area contributed by atoms with Gasteiger partial charge in [0, 0.05) is 12.1 Å². The maximum atomic E-state index is 5.73. The minimum atomic E-state index is 0.0612. The second kappa shape index (κ2) is 4.64. The van der Waals surface area contributed by atoms with Crippen LogP contribution in [0.1, 0.15) is 18.7 Å². The van der Waals surface area contributed by atoms with Crippen LogP contribution in [0.25, 0.3) is 0 Å². The summed E-state index contributed by atoms with van der Waals surface area (Å²) in [4.78, 5) is 2.30. The summed E-state index contributed by atoms with van der Waals surface area (Å²) in [5.74, 6) is 0.905. The van der Waals surface area contributed by atoms with Crippen LogP contribution in [0.15, 0.2) is 24.3 Å². The van der Waals surface area contributed by atoms with E-state index in [1.165, 1.54) is 0 Å². The Morgan fingerprint density at radius 2 is 2.27 bits per heavy atom. The first-order valence-electron chi connectivity index (χ1n) is 5.35. The minimum absolute atomic E-state index is 0.0612. The number of nitrogens with zero attached hydrogens (tertiary/aromatic N) is 1. The standard InChI is InChI=1S/C12H17NO2/c1-3-13-8-9-15-12(13)10-6-4-5-7-11(10)14-2/h4-7,12H,3,8-9H2,1-2H3. The van der Waals surface area contributed by atoms with Gasteiger partial charge in [0.05, 0.1) is 13.7 Å². The molecule has 1 heterocycles. The lowest BCUT2D eigenvalue weighted by atomic mass is 10.1. The van der Waals surface area contributed by atoms with Crippen LogP contribution in [-0.2, 0) is 4.74 Å². The molecule has 1 aromatic carbocycles. The van der Waals surface area contributed by atoms with E-state index in [-0.39, 0.29) is 6.23 Å². The molecule has 0 saturated carbocycles. The van der Waals surface area contributed by atoms with Crippen LogP contribution in [-0.4, -0.2) is 31.7 Å². The molecule has 0 bridgehead atoms. The lowest BCUT2D eigenvalue weighted by Crippen LogP contribution is -2.23. The third kappa shape index (κ3) is 1.98. The molecule has 1 unspecified atom stereocenters. The Hall–Kier alpha value is -1.06. The number of rotatable bonds is 3. The Bertz CT molecular complexity index is 327. The Morgan fingerprint density at radius 1 is 1.47 bits per heavy atom. The third-order valence-corrected chi connectivity index (χ3v) is 2.80. The maximum absolute atomic E-state index is 5.73. The van der Waals surface area contributed by atoms with Crippen LogP contribution >= 0.6 is 0 Å². The van der Waals surface area contributed by atoms with Crippen molar-refractivity contribution < 1.29 is 9.47 Å². The van der Waals surface area contributed by atoms with E-state index in [4.69, 9.17) is 9.47 Å². The highest BCUT2D eigenvalue weighted by molar-refractivity contribution is 5.35. The van der Waals surface area contributed by atoms with Crippen molar-refractivity contribution in [1.29, 1.82) is 0 Å². The lowest BCUT2D eigenvalue weighted by molar-refractivity contribution is 0.0334. The van der Waals surface area contributed by atoms with Crippen molar-refractivity contribution in [2.24, 2.45) is 0 Å². The number of hydrogen-bond acceptors (Lipinski definition) is 3. The van der Waals surface area contributed by atoms with E-state index in [1.807, 2.05) is 18.2 Å². The second-order valence-corrected chi connectivity index (χ2v) is 3.59. The van der Waals surface area contributed by atoms with E-state index in [1.54, 1.807) is 7.11 Å². The van der Waals surface area contributed by atoms with Crippen molar-refractivity contribution in [1.82, 2.24) is 4.90 Å². The highest BCUT2D eigenvalue weighted by Crippen LogP contribution is 2.32. The van der Waals surface area contributed by atoms with Gasteiger partial charge in [-0.25, -0.2) is 0 Å². The summed E-state index contributed by atoms with van der Waals surface area (Å²) in [5.41, 5.74) is 1.12. The first-order valence-corrected chi connectivity index (χ1v) is 5.35. The van der Waals surface area contributed by atoms with E-state index < -0.39 is 0 Å². The molecule has 0 aromatic heterocycles. The van der Waals surface area contributed by atoms with Crippen molar-refractivity contribution in [3.8, 4) is 5.75 Å². The van der Waals surface area contributed by atoms with Crippen LogP contribution in [0, 0.1) is 0 Å². The fraction of sp³-hybridized carbons (Fsp3) is 0.500. The first kappa shape index (κ1) is 10.5. The Labute approximate surface area is 90.6 Å². The third-order valence-electron chi connectivity index (χ3n) is 2.80. The van der Waals surface area contributed by atoms with Gasteiger partial charge < -0.3 is 9.47 Å². The Kier molecular flexibility index (Phi) is 3.23. The average molecular weight is 207 g/mol. The molecule has 0 amide bonds. The molecule has 1 saturated heterocycles. The minimum Gasteiger partial charge on any atom is -0.496 e. The highest BCUT2D eigenvalue weighted by Gasteiger charge is 2.27. The van der Waals surface area contributed by atoms with Crippen molar-refractivity contribution in [2.75, 3.05) is 26.8 Å². The molecule has 0 radical (unpaired) electrons. The van der Waals surface area contributed by atoms with E-state index in [2.05, 4.69) is 17.9 Å². The average Bonchev–Trinajstić information content (AvgIpc) is 2.76. The van der Waals surface area contributed by atoms with Gasteiger partial charge in [0.15, 0.2) is 0 Å². The molecule has 0 N–H and O–H groups in total. The largest absolute Gasteiger partial charge is 0.496 e. The number of ether oxygens (including phenoxy) is 2. The number of methoxy groups -OCH3 is 1. The quantitative estimate of drug-likeness (QED) is 0.757.